The van der Waals surface area contributed by atoms with Gasteiger partial charge in [0.1, 0.15) is 0 Å². The molecular formula is C14H25NOS. The Labute approximate surface area is 109 Å². The number of rotatable bonds is 2. The van der Waals surface area contributed by atoms with Gasteiger partial charge in [-0.25, -0.2) is 0 Å². The fourth-order valence-corrected chi connectivity index (χ4v) is 5.39. The average molecular weight is 255 g/mol. The predicted molar refractivity (Wildman–Crippen MR) is 73.3 cm³/mol. The summed E-state index contributed by atoms with van der Waals surface area (Å²) in [7, 11) is 0. The maximum atomic E-state index is 6.53. The van der Waals surface area contributed by atoms with Crippen molar-refractivity contribution in [3.63, 3.8) is 0 Å². The second kappa shape index (κ2) is 5.10. The highest BCUT2D eigenvalue weighted by molar-refractivity contribution is 8.00. The van der Waals surface area contributed by atoms with Gasteiger partial charge >= 0.3 is 0 Å². The first-order valence-electron chi connectivity index (χ1n) is 7.30. The van der Waals surface area contributed by atoms with Crippen molar-refractivity contribution in [3.05, 3.63) is 0 Å². The molecule has 2 heterocycles. The minimum Gasteiger partial charge on any atom is -0.375 e. The van der Waals surface area contributed by atoms with Gasteiger partial charge in [0.15, 0.2) is 0 Å². The van der Waals surface area contributed by atoms with Gasteiger partial charge in [0.2, 0.25) is 0 Å². The highest BCUT2D eigenvalue weighted by Gasteiger charge is 2.42. The molecule has 0 bridgehead atoms. The van der Waals surface area contributed by atoms with Crippen LogP contribution in [0.3, 0.4) is 0 Å². The molecular weight excluding hydrogens is 230 g/mol. The summed E-state index contributed by atoms with van der Waals surface area (Å²) in [5.41, 5.74) is 6.77. The van der Waals surface area contributed by atoms with Crippen LogP contribution in [0.2, 0.25) is 0 Å². The summed E-state index contributed by atoms with van der Waals surface area (Å²) >= 11 is 2.11. The van der Waals surface area contributed by atoms with Gasteiger partial charge < -0.3 is 10.5 Å². The zero-order valence-corrected chi connectivity index (χ0v) is 11.5. The van der Waals surface area contributed by atoms with E-state index in [1.807, 2.05) is 0 Å². The summed E-state index contributed by atoms with van der Waals surface area (Å²) in [5, 5.41) is 0.733. The zero-order chi connectivity index (χ0) is 11.7. The Balaban J connectivity index is 1.62. The first kappa shape index (κ1) is 12.3. The molecule has 17 heavy (non-hydrogen) atoms. The monoisotopic (exact) mass is 255 g/mol. The van der Waals surface area contributed by atoms with Crippen LogP contribution in [-0.2, 0) is 4.74 Å². The molecule has 2 saturated heterocycles. The molecule has 1 saturated carbocycles. The second-order valence-corrected chi connectivity index (χ2v) is 7.47. The molecule has 2 nitrogen and oxygen atoms in total. The van der Waals surface area contributed by atoms with Crippen LogP contribution in [-0.4, -0.2) is 29.3 Å². The van der Waals surface area contributed by atoms with Gasteiger partial charge in [-0.1, -0.05) is 12.8 Å². The molecule has 0 amide bonds. The minimum atomic E-state index is 0.240. The lowest BCUT2D eigenvalue weighted by Crippen LogP contribution is -2.47. The van der Waals surface area contributed by atoms with Gasteiger partial charge in [-0.3, -0.25) is 0 Å². The van der Waals surface area contributed by atoms with Gasteiger partial charge in [-0.15, -0.1) is 0 Å². The Bertz CT molecular complexity index is 259. The van der Waals surface area contributed by atoms with E-state index in [4.69, 9.17) is 10.5 Å². The summed E-state index contributed by atoms with van der Waals surface area (Å²) in [5.74, 6) is 2.05. The zero-order valence-electron chi connectivity index (χ0n) is 10.7. The summed E-state index contributed by atoms with van der Waals surface area (Å²) in [6.07, 6.45) is 10.4. The maximum absolute atomic E-state index is 6.53. The molecule has 3 aliphatic rings. The smallest absolute Gasteiger partial charge is 0.0685 e. The molecule has 3 heteroatoms. The van der Waals surface area contributed by atoms with Crippen molar-refractivity contribution in [1.82, 2.24) is 0 Å². The lowest BCUT2D eigenvalue weighted by Gasteiger charge is -2.41. The third-order valence-corrected chi connectivity index (χ3v) is 6.49. The Kier molecular flexibility index (Phi) is 3.69. The van der Waals surface area contributed by atoms with Gasteiger partial charge in [0.05, 0.1) is 5.60 Å². The largest absolute Gasteiger partial charge is 0.375 e. The van der Waals surface area contributed by atoms with E-state index >= 15 is 0 Å². The van der Waals surface area contributed by atoms with Crippen molar-refractivity contribution < 1.29 is 4.74 Å². The van der Waals surface area contributed by atoms with E-state index in [1.54, 1.807) is 0 Å². The Hall–Kier alpha value is 0.270. The van der Waals surface area contributed by atoms with E-state index in [1.165, 1.54) is 57.1 Å². The van der Waals surface area contributed by atoms with E-state index in [-0.39, 0.29) is 5.60 Å². The lowest BCUT2D eigenvalue weighted by molar-refractivity contribution is -0.0961. The van der Waals surface area contributed by atoms with Gasteiger partial charge in [-0.2, -0.15) is 11.8 Å². The standard InChI is InChI=1S/C14H25NOS/c15-13(12-4-3-9-17-12)11-5-8-16-14(10-11)6-1-2-7-14/h11-13H,1-10,15H2. The fourth-order valence-electron chi connectivity index (χ4n) is 3.97. The molecule has 1 aliphatic carbocycles. The minimum absolute atomic E-state index is 0.240. The molecule has 3 fully saturated rings. The molecule has 3 atom stereocenters. The third kappa shape index (κ3) is 2.52. The number of thioether (sulfide) groups is 1. The topological polar surface area (TPSA) is 35.2 Å². The number of nitrogens with two attached hydrogens (primary N) is 1. The van der Waals surface area contributed by atoms with Crippen molar-refractivity contribution in [3.8, 4) is 0 Å². The van der Waals surface area contributed by atoms with E-state index in [0.717, 1.165) is 17.8 Å². The molecule has 1 spiro atoms. The summed E-state index contributed by atoms with van der Waals surface area (Å²) in [6.45, 7) is 0.954. The second-order valence-electron chi connectivity index (χ2n) is 6.12. The van der Waals surface area contributed by atoms with Crippen molar-refractivity contribution in [1.29, 1.82) is 0 Å². The van der Waals surface area contributed by atoms with E-state index in [9.17, 15) is 0 Å². The first-order valence-corrected chi connectivity index (χ1v) is 8.35. The Morgan fingerprint density at radius 3 is 2.71 bits per heavy atom. The summed E-state index contributed by atoms with van der Waals surface area (Å²) in [6, 6.07) is 0.420. The van der Waals surface area contributed by atoms with Crippen LogP contribution >= 0.6 is 11.8 Å². The summed E-state index contributed by atoms with van der Waals surface area (Å²) < 4.78 is 6.11. The Morgan fingerprint density at radius 1 is 1.18 bits per heavy atom. The van der Waals surface area contributed by atoms with Crippen molar-refractivity contribution in [2.24, 2.45) is 11.7 Å². The summed E-state index contributed by atoms with van der Waals surface area (Å²) in [4.78, 5) is 0. The van der Waals surface area contributed by atoms with Gasteiger partial charge in [-0.05, 0) is 50.2 Å². The van der Waals surface area contributed by atoms with E-state index in [0.29, 0.717) is 6.04 Å². The quantitative estimate of drug-likeness (QED) is 0.824. The predicted octanol–water partition coefficient (Wildman–Crippen LogP) is 2.95. The molecule has 98 valence electrons. The van der Waals surface area contributed by atoms with E-state index in [2.05, 4.69) is 11.8 Å². The maximum Gasteiger partial charge on any atom is 0.0685 e. The number of ether oxygens (including phenoxy) is 1. The molecule has 3 unspecified atom stereocenters. The number of hydrogen-bond donors (Lipinski definition) is 1. The first-order chi connectivity index (χ1) is 8.29. The molecule has 0 aromatic heterocycles. The highest BCUT2D eigenvalue weighted by Crippen LogP contribution is 2.44. The van der Waals surface area contributed by atoms with Crippen LogP contribution in [0, 0.1) is 5.92 Å². The lowest BCUT2D eigenvalue weighted by atomic mass is 9.79. The third-order valence-electron chi connectivity index (χ3n) is 4.98. The van der Waals surface area contributed by atoms with Crippen molar-refractivity contribution >= 4 is 11.8 Å². The highest BCUT2D eigenvalue weighted by atomic mass is 32.2. The Morgan fingerprint density at radius 2 is 2.00 bits per heavy atom. The van der Waals surface area contributed by atoms with E-state index < -0.39 is 0 Å². The average Bonchev–Trinajstić information content (AvgIpc) is 3.00. The number of hydrogen-bond acceptors (Lipinski definition) is 3. The van der Waals surface area contributed by atoms with Crippen LogP contribution in [0.15, 0.2) is 0 Å². The van der Waals surface area contributed by atoms with Crippen LogP contribution in [0.25, 0.3) is 0 Å². The van der Waals surface area contributed by atoms with Crippen LogP contribution in [0.4, 0.5) is 0 Å². The molecule has 2 N–H and O–H groups in total. The van der Waals surface area contributed by atoms with Gasteiger partial charge in [0.25, 0.3) is 0 Å². The van der Waals surface area contributed by atoms with Crippen LogP contribution < -0.4 is 5.73 Å². The molecule has 0 aromatic carbocycles. The molecule has 2 aliphatic heterocycles. The molecule has 3 rings (SSSR count). The molecule has 0 aromatic rings. The fraction of sp³-hybridized carbons (Fsp3) is 1.00. The SMILES string of the molecule is NC(C1CCOC2(CCCC2)C1)C1CCCS1. The van der Waals surface area contributed by atoms with Crippen LogP contribution in [0.5, 0.6) is 0 Å². The normalized spacial score (nSPS) is 38.6. The van der Waals surface area contributed by atoms with Gasteiger partial charge in [0, 0.05) is 17.9 Å². The van der Waals surface area contributed by atoms with Crippen LogP contribution in [0.1, 0.15) is 51.4 Å². The van der Waals surface area contributed by atoms with Crippen molar-refractivity contribution in [2.45, 2.75) is 68.3 Å². The molecule has 0 radical (unpaired) electrons. The van der Waals surface area contributed by atoms with Crippen molar-refractivity contribution in [2.75, 3.05) is 12.4 Å².